The van der Waals surface area contributed by atoms with Crippen molar-refractivity contribution in [3.8, 4) is 11.5 Å². The summed E-state index contributed by atoms with van der Waals surface area (Å²) in [5.41, 5.74) is 2.06. The first kappa shape index (κ1) is 24.8. The lowest BCUT2D eigenvalue weighted by atomic mass is 9.91. The van der Waals surface area contributed by atoms with Crippen molar-refractivity contribution < 1.29 is 22.7 Å². The molecule has 1 fully saturated rings. The van der Waals surface area contributed by atoms with E-state index < -0.39 is 15.9 Å². The zero-order chi connectivity index (χ0) is 24.8. The number of rotatable bonds is 8. The number of anilines is 1. The second-order valence-electron chi connectivity index (χ2n) is 8.59. The first-order valence-corrected chi connectivity index (χ1v) is 13.0. The van der Waals surface area contributed by atoms with E-state index in [-0.39, 0.29) is 10.5 Å². The molecule has 3 aromatic rings. The average Bonchev–Trinajstić information content (AvgIpc) is 2.89. The minimum absolute atomic E-state index is 0.124. The van der Waals surface area contributed by atoms with Crippen molar-refractivity contribution in [2.24, 2.45) is 5.92 Å². The minimum Gasteiger partial charge on any atom is -0.493 e. The molecule has 4 rings (SSSR count). The smallest absolute Gasteiger partial charge is 0.255 e. The van der Waals surface area contributed by atoms with Crippen LogP contribution in [0.25, 0.3) is 0 Å². The fourth-order valence-corrected chi connectivity index (χ4v) is 5.88. The standard InChI is InChI=1S/C27H30N2O5S/c1-33-25-12-11-23(19-26(25)34-2)28-27(30)22-9-6-10-24(18-22)35(31,32)29-15-13-21(14-16-29)17-20-7-4-3-5-8-20/h3-12,18-19,21H,13-17H2,1-2H3,(H,28,30). The van der Waals surface area contributed by atoms with Gasteiger partial charge in [-0.3, -0.25) is 4.79 Å². The normalized spacial score (nSPS) is 14.9. The Balaban J connectivity index is 1.42. The van der Waals surface area contributed by atoms with Gasteiger partial charge in [-0.1, -0.05) is 36.4 Å². The van der Waals surface area contributed by atoms with Gasteiger partial charge in [-0.2, -0.15) is 4.31 Å². The van der Waals surface area contributed by atoms with Crippen LogP contribution in [-0.4, -0.2) is 45.9 Å². The molecule has 1 aliphatic heterocycles. The average molecular weight is 495 g/mol. The molecule has 184 valence electrons. The molecule has 0 bridgehead atoms. The first-order valence-electron chi connectivity index (χ1n) is 11.6. The van der Waals surface area contributed by atoms with Gasteiger partial charge >= 0.3 is 0 Å². The number of hydrogen-bond donors (Lipinski definition) is 1. The number of carbonyl (C=O) groups excluding carboxylic acids is 1. The molecular weight excluding hydrogens is 464 g/mol. The molecule has 1 saturated heterocycles. The van der Waals surface area contributed by atoms with Gasteiger partial charge in [-0.25, -0.2) is 8.42 Å². The fraction of sp³-hybridized carbons (Fsp3) is 0.296. The maximum absolute atomic E-state index is 13.3. The molecule has 0 spiro atoms. The zero-order valence-corrected chi connectivity index (χ0v) is 20.8. The molecule has 1 aliphatic rings. The van der Waals surface area contributed by atoms with Crippen LogP contribution in [0.2, 0.25) is 0 Å². The van der Waals surface area contributed by atoms with Crippen molar-refractivity contribution >= 4 is 21.6 Å². The van der Waals surface area contributed by atoms with Crippen molar-refractivity contribution in [2.45, 2.75) is 24.2 Å². The molecule has 35 heavy (non-hydrogen) atoms. The van der Waals surface area contributed by atoms with Gasteiger partial charge in [-0.05, 0) is 61.1 Å². The number of ether oxygens (including phenoxy) is 2. The van der Waals surface area contributed by atoms with Crippen LogP contribution >= 0.6 is 0 Å². The predicted molar refractivity (Wildman–Crippen MR) is 136 cm³/mol. The van der Waals surface area contributed by atoms with E-state index in [0.717, 1.165) is 19.3 Å². The topological polar surface area (TPSA) is 84.9 Å². The van der Waals surface area contributed by atoms with Crippen molar-refractivity contribution in [1.82, 2.24) is 4.31 Å². The summed E-state index contributed by atoms with van der Waals surface area (Å²) >= 11 is 0. The third kappa shape index (κ3) is 5.83. The molecule has 0 aromatic heterocycles. The van der Waals surface area contributed by atoms with E-state index in [0.29, 0.717) is 36.2 Å². The van der Waals surface area contributed by atoms with Crippen LogP contribution in [0.15, 0.2) is 77.7 Å². The van der Waals surface area contributed by atoms with Gasteiger partial charge in [0, 0.05) is 30.4 Å². The van der Waals surface area contributed by atoms with Crippen molar-refractivity contribution in [1.29, 1.82) is 0 Å². The Morgan fingerprint density at radius 2 is 1.63 bits per heavy atom. The Labute approximate surface area is 206 Å². The van der Waals surface area contributed by atoms with Gasteiger partial charge in [0.1, 0.15) is 0 Å². The number of benzene rings is 3. The molecule has 1 amide bonds. The third-order valence-corrected chi connectivity index (χ3v) is 8.21. The SMILES string of the molecule is COc1ccc(NC(=O)c2cccc(S(=O)(=O)N3CCC(Cc4ccccc4)CC3)c2)cc1OC. The van der Waals surface area contributed by atoms with Gasteiger partial charge in [0.05, 0.1) is 19.1 Å². The van der Waals surface area contributed by atoms with Crippen LogP contribution in [0.3, 0.4) is 0 Å². The van der Waals surface area contributed by atoms with Crippen LogP contribution < -0.4 is 14.8 Å². The van der Waals surface area contributed by atoms with E-state index in [4.69, 9.17) is 9.47 Å². The van der Waals surface area contributed by atoms with Crippen LogP contribution in [0.4, 0.5) is 5.69 Å². The van der Waals surface area contributed by atoms with Crippen molar-refractivity contribution in [3.63, 3.8) is 0 Å². The van der Waals surface area contributed by atoms with E-state index in [1.807, 2.05) is 18.2 Å². The molecule has 3 aromatic carbocycles. The highest BCUT2D eigenvalue weighted by atomic mass is 32.2. The molecule has 0 aliphatic carbocycles. The molecule has 1 N–H and O–H groups in total. The molecule has 1 heterocycles. The number of nitrogens with zero attached hydrogens (tertiary/aromatic N) is 1. The van der Waals surface area contributed by atoms with Gasteiger partial charge in [0.2, 0.25) is 10.0 Å². The summed E-state index contributed by atoms with van der Waals surface area (Å²) in [4.78, 5) is 13.0. The largest absolute Gasteiger partial charge is 0.493 e. The number of piperidine rings is 1. The highest BCUT2D eigenvalue weighted by molar-refractivity contribution is 7.89. The summed E-state index contributed by atoms with van der Waals surface area (Å²) in [6.45, 7) is 0.948. The summed E-state index contributed by atoms with van der Waals surface area (Å²) in [5.74, 6) is 1.08. The van der Waals surface area contributed by atoms with Gasteiger partial charge in [0.15, 0.2) is 11.5 Å². The number of amides is 1. The lowest BCUT2D eigenvalue weighted by Gasteiger charge is -2.31. The number of nitrogens with one attached hydrogen (secondary N) is 1. The Morgan fingerprint density at radius 1 is 0.914 bits per heavy atom. The maximum Gasteiger partial charge on any atom is 0.255 e. The maximum atomic E-state index is 13.3. The molecule has 0 atom stereocenters. The van der Waals surface area contributed by atoms with Crippen LogP contribution in [0, 0.1) is 5.92 Å². The minimum atomic E-state index is -3.69. The quantitative estimate of drug-likeness (QED) is 0.495. The van der Waals surface area contributed by atoms with E-state index in [1.165, 1.54) is 30.2 Å². The van der Waals surface area contributed by atoms with E-state index in [1.54, 1.807) is 36.4 Å². The Morgan fingerprint density at radius 3 is 2.31 bits per heavy atom. The van der Waals surface area contributed by atoms with Gasteiger partial charge in [0.25, 0.3) is 5.91 Å². The Bertz CT molecular complexity index is 1270. The lowest BCUT2D eigenvalue weighted by Crippen LogP contribution is -2.38. The Kier molecular flexibility index (Phi) is 7.73. The molecule has 7 nitrogen and oxygen atoms in total. The highest BCUT2D eigenvalue weighted by Crippen LogP contribution is 2.30. The number of sulfonamides is 1. The summed E-state index contributed by atoms with van der Waals surface area (Å²) < 4.78 is 38.6. The summed E-state index contributed by atoms with van der Waals surface area (Å²) in [6, 6.07) is 21.5. The third-order valence-electron chi connectivity index (χ3n) is 6.32. The molecule has 0 saturated carbocycles. The Hall–Kier alpha value is -3.36. The highest BCUT2D eigenvalue weighted by Gasteiger charge is 2.30. The monoisotopic (exact) mass is 494 g/mol. The summed E-state index contributed by atoms with van der Waals surface area (Å²) in [7, 11) is -0.638. The molecule has 0 unspecified atom stereocenters. The molecule has 8 heteroatoms. The molecule has 0 radical (unpaired) electrons. The lowest BCUT2D eigenvalue weighted by molar-refractivity contribution is 0.102. The van der Waals surface area contributed by atoms with Crippen LogP contribution in [0.1, 0.15) is 28.8 Å². The predicted octanol–water partition coefficient (Wildman–Crippen LogP) is 4.60. The van der Waals surface area contributed by atoms with Crippen molar-refractivity contribution in [2.75, 3.05) is 32.6 Å². The van der Waals surface area contributed by atoms with E-state index >= 15 is 0 Å². The van der Waals surface area contributed by atoms with Crippen molar-refractivity contribution in [3.05, 3.63) is 83.9 Å². The second-order valence-corrected chi connectivity index (χ2v) is 10.5. The number of carbonyl (C=O) groups is 1. The molecular formula is C27H30N2O5S. The number of methoxy groups -OCH3 is 2. The van der Waals surface area contributed by atoms with Gasteiger partial charge < -0.3 is 14.8 Å². The van der Waals surface area contributed by atoms with Gasteiger partial charge in [-0.15, -0.1) is 0 Å². The summed E-state index contributed by atoms with van der Waals surface area (Å²) in [6.07, 6.45) is 2.59. The van der Waals surface area contributed by atoms with E-state index in [2.05, 4.69) is 17.4 Å². The fourth-order valence-electron chi connectivity index (χ4n) is 4.37. The summed E-state index contributed by atoms with van der Waals surface area (Å²) in [5, 5.41) is 2.79. The second kappa shape index (κ2) is 10.9. The van der Waals surface area contributed by atoms with Crippen LogP contribution in [0.5, 0.6) is 11.5 Å². The van der Waals surface area contributed by atoms with E-state index in [9.17, 15) is 13.2 Å². The van der Waals surface area contributed by atoms with Crippen LogP contribution in [-0.2, 0) is 16.4 Å². The zero-order valence-electron chi connectivity index (χ0n) is 19.9. The first-order chi connectivity index (χ1) is 16.9. The number of hydrogen-bond acceptors (Lipinski definition) is 5.